The second kappa shape index (κ2) is 12.5. The molecular weight excluding hydrogens is 148 g/mol. The van der Waals surface area contributed by atoms with Crippen LogP contribution < -0.4 is 0 Å². The lowest BCUT2D eigenvalue weighted by Gasteiger charge is -1.90. The molecule has 0 rings (SSSR count). The first-order valence-corrected chi connectivity index (χ1v) is 3.74. The van der Waals surface area contributed by atoms with Gasteiger partial charge in [0.2, 0.25) is 0 Å². The van der Waals surface area contributed by atoms with E-state index in [1.54, 1.807) is 0 Å². The molecule has 0 bridgehead atoms. The third kappa shape index (κ3) is 25.8. The van der Waals surface area contributed by atoms with E-state index in [2.05, 4.69) is 4.89 Å². The average Bonchev–Trinajstić information content (AvgIpc) is 2.02. The first-order valence-electron chi connectivity index (χ1n) is 3.74. The lowest BCUT2D eigenvalue weighted by molar-refractivity contribution is -0.242. The fraction of sp³-hybridized carbons (Fsp3) is 1.00. The van der Waals surface area contributed by atoms with Crippen molar-refractivity contribution < 1.29 is 20.4 Å². The molecule has 0 aliphatic carbocycles. The van der Waals surface area contributed by atoms with Gasteiger partial charge in [-0.2, -0.15) is 0 Å². The molecule has 11 heavy (non-hydrogen) atoms. The van der Waals surface area contributed by atoms with Crippen LogP contribution in [0.4, 0.5) is 0 Å². The fourth-order valence-corrected chi connectivity index (χ4v) is 0.209. The highest BCUT2D eigenvalue weighted by Crippen LogP contribution is 1.83. The van der Waals surface area contributed by atoms with Crippen LogP contribution >= 0.6 is 0 Å². The largest absolute Gasteiger partial charge is 0.394 e. The number of hydrogen-bond acceptors (Lipinski definition) is 4. The van der Waals surface area contributed by atoms with Crippen molar-refractivity contribution in [2.75, 3.05) is 13.2 Å². The van der Waals surface area contributed by atoms with Gasteiger partial charge in [0.05, 0.1) is 19.3 Å². The standard InChI is InChI=1S/C4H10O2.C3H8O2/c1-2-3-4-6-5;1-3(5)2-4/h5H,2-4H2,1H3;3-5H,2H2,1H3. The van der Waals surface area contributed by atoms with E-state index in [0.29, 0.717) is 6.61 Å². The third-order valence-corrected chi connectivity index (χ3v) is 0.853. The van der Waals surface area contributed by atoms with Gasteiger partial charge in [0, 0.05) is 0 Å². The molecule has 0 spiro atoms. The Morgan fingerprint density at radius 2 is 1.91 bits per heavy atom. The van der Waals surface area contributed by atoms with E-state index >= 15 is 0 Å². The quantitative estimate of drug-likeness (QED) is 0.325. The molecule has 0 amide bonds. The summed E-state index contributed by atoms with van der Waals surface area (Å²) in [6, 6.07) is 0. The van der Waals surface area contributed by atoms with Crippen molar-refractivity contribution in [1.82, 2.24) is 0 Å². The molecule has 0 fully saturated rings. The summed E-state index contributed by atoms with van der Waals surface area (Å²) in [5.41, 5.74) is 0. The maximum Gasteiger partial charge on any atom is 0.0819 e. The predicted molar refractivity (Wildman–Crippen MR) is 42.3 cm³/mol. The van der Waals surface area contributed by atoms with E-state index in [4.69, 9.17) is 15.5 Å². The van der Waals surface area contributed by atoms with E-state index in [1.807, 2.05) is 6.92 Å². The summed E-state index contributed by atoms with van der Waals surface area (Å²) >= 11 is 0. The Labute approximate surface area is 67.4 Å². The van der Waals surface area contributed by atoms with Gasteiger partial charge >= 0.3 is 0 Å². The molecule has 4 nitrogen and oxygen atoms in total. The lowest BCUT2D eigenvalue weighted by Crippen LogP contribution is -2.03. The lowest BCUT2D eigenvalue weighted by atomic mass is 10.4. The van der Waals surface area contributed by atoms with Crippen LogP contribution in [0.25, 0.3) is 0 Å². The van der Waals surface area contributed by atoms with E-state index in [0.717, 1.165) is 12.8 Å². The number of rotatable bonds is 4. The SMILES string of the molecule is CC(O)CO.CCCCOO. The molecular formula is C7H18O4. The Hall–Kier alpha value is -0.160. The zero-order valence-corrected chi connectivity index (χ0v) is 7.16. The van der Waals surface area contributed by atoms with E-state index in [9.17, 15) is 0 Å². The van der Waals surface area contributed by atoms with E-state index < -0.39 is 6.10 Å². The van der Waals surface area contributed by atoms with Crippen molar-refractivity contribution in [3.05, 3.63) is 0 Å². The van der Waals surface area contributed by atoms with Gasteiger partial charge in [-0.15, -0.1) is 0 Å². The van der Waals surface area contributed by atoms with Gasteiger partial charge in [-0.3, -0.25) is 5.26 Å². The summed E-state index contributed by atoms with van der Waals surface area (Å²) in [5.74, 6) is 0. The topological polar surface area (TPSA) is 69.9 Å². The number of hydrogen-bond donors (Lipinski definition) is 3. The highest BCUT2D eigenvalue weighted by molar-refractivity contribution is 4.34. The monoisotopic (exact) mass is 166 g/mol. The van der Waals surface area contributed by atoms with Gasteiger partial charge in [-0.05, 0) is 13.3 Å². The predicted octanol–water partition coefficient (Wildman–Crippen LogP) is 0.636. The zero-order valence-electron chi connectivity index (χ0n) is 7.16. The van der Waals surface area contributed by atoms with Crippen molar-refractivity contribution >= 4 is 0 Å². The minimum absolute atomic E-state index is 0.139. The Bertz CT molecular complexity index is 52.4. The van der Waals surface area contributed by atoms with Crippen LogP contribution in [0.2, 0.25) is 0 Å². The number of unbranched alkanes of at least 4 members (excludes halogenated alkanes) is 1. The Morgan fingerprint density at radius 3 is 2.00 bits per heavy atom. The van der Waals surface area contributed by atoms with Crippen LogP contribution in [-0.4, -0.2) is 34.8 Å². The summed E-state index contributed by atoms with van der Waals surface area (Å²) in [6.07, 6.45) is 1.45. The average molecular weight is 166 g/mol. The molecule has 0 aliphatic rings. The molecule has 0 saturated carbocycles. The molecule has 1 atom stereocenters. The second-order valence-corrected chi connectivity index (χ2v) is 2.22. The van der Waals surface area contributed by atoms with Crippen molar-refractivity contribution in [3.8, 4) is 0 Å². The van der Waals surface area contributed by atoms with Gasteiger partial charge in [0.1, 0.15) is 0 Å². The minimum Gasteiger partial charge on any atom is -0.394 e. The summed E-state index contributed by atoms with van der Waals surface area (Å²) in [4.78, 5) is 3.78. The van der Waals surface area contributed by atoms with Crippen molar-refractivity contribution in [2.24, 2.45) is 0 Å². The van der Waals surface area contributed by atoms with Crippen LogP contribution in [0.5, 0.6) is 0 Å². The molecule has 0 saturated heterocycles. The molecule has 0 heterocycles. The Kier molecular flexibility index (Phi) is 15.3. The molecule has 3 N–H and O–H groups in total. The summed E-state index contributed by atoms with van der Waals surface area (Å²) in [7, 11) is 0. The Balaban J connectivity index is 0. The first kappa shape index (κ1) is 13.4. The van der Waals surface area contributed by atoms with Gasteiger partial charge in [-0.1, -0.05) is 13.3 Å². The zero-order chi connectivity index (χ0) is 9.11. The number of aliphatic hydroxyl groups excluding tert-OH is 2. The summed E-state index contributed by atoms with van der Waals surface area (Å²) < 4.78 is 0. The van der Waals surface area contributed by atoms with Gasteiger partial charge in [0.15, 0.2) is 0 Å². The smallest absolute Gasteiger partial charge is 0.0819 e. The van der Waals surface area contributed by atoms with Crippen LogP contribution in [0.15, 0.2) is 0 Å². The molecule has 4 heteroatoms. The summed E-state index contributed by atoms with van der Waals surface area (Å²) in [5, 5.41) is 23.7. The van der Waals surface area contributed by atoms with Crippen molar-refractivity contribution in [2.45, 2.75) is 32.8 Å². The first-order chi connectivity index (χ1) is 5.18. The van der Waals surface area contributed by atoms with Crippen LogP contribution in [-0.2, 0) is 4.89 Å². The molecule has 0 aromatic carbocycles. The molecule has 70 valence electrons. The van der Waals surface area contributed by atoms with Crippen LogP contribution in [0.3, 0.4) is 0 Å². The molecule has 0 radical (unpaired) electrons. The van der Waals surface area contributed by atoms with Crippen LogP contribution in [0.1, 0.15) is 26.7 Å². The second-order valence-electron chi connectivity index (χ2n) is 2.22. The number of aliphatic hydroxyl groups is 2. The molecule has 1 unspecified atom stereocenters. The molecule has 0 aliphatic heterocycles. The maximum absolute atomic E-state index is 8.11. The normalized spacial score (nSPS) is 11.7. The van der Waals surface area contributed by atoms with Crippen LogP contribution in [0, 0.1) is 0 Å². The highest BCUT2D eigenvalue weighted by atomic mass is 17.1. The minimum atomic E-state index is -0.560. The van der Waals surface area contributed by atoms with E-state index in [1.165, 1.54) is 6.92 Å². The van der Waals surface area contributed by atoms with Gasteiger partial charge in [0.25, 0.3) is 0 Å². The van der Waals surface area contributed by atoms with Gasteiger partial charge < -0.3 is 10.2 Å². The van der Waals surface area contributed by atoms with Crippen molar-refractivity contribution in [1.29, 1.82) is 0 Å². The fourth-order valence-electron chi connectivity index (χ4n) is 0.209. The molecule has 0 aromatic heterocycles. The van der Waals surface area contributed by atoms with Gasteiger partial charge in [-0.25, -0.2) is 4.89 Å². The summed E-state index contributed by atoms with van der Waals surface area (Å²) in [6.45, 7) is 3.90. The van der Waals surface area contributed by atoms with Crippen molar-refractivity contribution in [3.63, 3.8) is 0 Å². The van der Waals surface area contributed by atoms with E-state index in [-0.39, 0.29) is 6.61 Å². The molecule has 0 aromatic rings. The third-order valence-electron chi connectivity index (χ3n) is 0.853. The maximum atomic E-state index is 8.11. The Morgan fingerprint density at radius 1 is 1.45 bits per heavy atom. The highest BCUT2D eigenvalue weighted by Gasteiger charge is 1.83.